The van der Waals surface area contributed by atoms with Crippen LogP contribution in [0, 0.1) is 0 Å². The van der Waals surface area contributed by atoms with Crippen LogP contribution in [0.1, 0.15) is 43.2 Å². The summed E-state index contributed by atoms with van der Waals surface area (Å²) in [6.07, 6.45) is 9.15. The number of carbonyl (C=O) groups excluding carboxylic acids is 1. The van der Waals surface area contributed by atoms with E-state index in [1.54, 1.807) is 21.3 Å². The minimum absolute atomic E-state index is 0.0107. The van der Waals surface area contributed by atoms with E-state index in [1.165, 1.54) is 6.42 Å². The highest BCUT2D eigenvalue weighted by Crippen LogP contribution is 2.34. The molecule has 0 saturated heterocycles. The van der Waals surface area contributed by atoms with Crippen molar-refractivity contribution in [1.29, 1.82) is 0 Å². The minimum Gasteiger partial charge on any atom is -0.493 e. The maximum atomic E-state index is 13.2. The first-order valence-corrected chi connectivity index (χ1v) is 13.4. The second-order valence-corrected chi connectivity index (χ2v) is 9.69. The maximum Gasteiger partial charge on any atom is 0.252 e. The molecule has 2 heterocycles. The second-order valence-electron chi connectivity index (χ2n) is 9.69. The molecule has 4 rings (SSSR count). The van der Waals surface area contributed by atoms with E-state index in [1.807, 2.05) is 41.6 Å². The van der Waals surface area contributed by atoms with Gasteiger partial charge in [-0.3, -0.25) is 14.7 Å². The van der Waals surface area contributed by atoms with E-state index in [-0.39, 0.29) is 12.5 Å². The molecule has 0 spiro atoms. The van der Waals surface area contributed by atoms with Gasteiger partial charge in [-0.2, -0.15) is 0 Å². The third kappa shape index (κ3) is 6.91. The van der Waals surface area contributed by atoms with Gasteiger partial charge in [0.25, 0.3) is 5.91 Å². The molecule has 202 valence electrons. The molecule has 3 aromatic rings. The molecule has 7 heteroatoms. The third-order valence-electron chi connectivity index (χ3n) is 7.08. The van der Waals surface area contributed by atoms with Crippen LogP contribution in [0.5, 0.6) is 11.5 Å². The lowest BCUT2D eigenvalue weighted by Gasteiger charge is -2.30. The largest absolute Gasteiger partial charge is 0.493 e. The fourth-order valence-electron chi connectivity index (χ4n) is 5.19. The van der Waals surface area contributed by atoms with Gasteiger partial charge >= 0.3 is 0 Å². The number of rotatable bonds is 7. The van der Waals surface area contributed by atoms with Crippen LogP contribution in [-0.4, -0.2) is 56.8 Å². The Kier molecular flexibility index (Phi) is 10.1. The summed E-state index contributed by atoms with van der Waals surface area (Å²) in [6.45, 7) is 3.12. The molecule has 1 amide bonds. The average molecular weight is 518 g/mol. The van der Waals surface area contributed by atoms with E-state index in [0.717, 1.165) is 71.7 Å². The van der Waals surface area contributed by atoms with Gasteiger partial charge in [-0.1, -0.05) is 37.5 Å². The maximum absolute atomic E-state index is 13.2. The SMILES string of the molecule is COCC(=O)N1CCCCCCCN(Cc2cccc(OC)c2OC)Cc2cc(-c3ccncc3)ccc21. The Bertz CT molecular complexity index is 1180. The molecule has 7 nitrogen and oxygen atoms in total. The predicted molar refractivity (Wildman–Crippen MR) is 151 cm³/mol. The molecule has 0 bridgehead atoms. The molecule has 0 fully saturated rings. The van der Waals surface area contributed by atoms with Crippen LogP contribution in [0.4, 0.5) is 5.69 Å². The van der Waals surface area contributed by atoms with Gasteiger partial charge in [-0.25, -0.2) is 0 Å². The van der Waals surface area contributed by atoms with E-state index in [0.29, 0.717) is 19.6 Å². The summed E-state index contributed by atoms with van der Waals surface area (Å²) in [5, 5.41) is 0. The zero-order valence-electron chi connectivity index (χ0n) is 22.8. The van der Waals surface area contributed by atoms with Crippen molar-refractivity contribution in [2.45, 2.75) is 45.2 Å². The molecule has 2 aromatic carbocycles. The van der Waals surface area contributed by atoms with E-state index in [4.69, 9.17) is 14.2 Å². The molecule has 0 saturated carbocycles. The number of methoxy groups -OCH3 is 3. The molecular formula is C31H39N3O4. The van der Waals surface area contributed by atoms with Gasteiger partial charge in [0.1, 0.15) is 6.61 Å². The number of aromatic nitrogens is 1. The molecule has 1 aromatic heterocycles. The standard InChI is InChI=1S/C31H39N3O4/c1-36-23-30(35)34-19-8-6-4-5-7-18-33(21-26-10-9-11-29(37-2)31(26)38-3)22-27-20-25(12-13-28(27)34)24-14-16-32-17-15-24/h9-17,20H,4-8,18-19,21-23H2,1-3H3. The Balaban J connectivity index is 1.76. The first-order valence-electron chi connectivity index (χ1n) is 13.4. The number of anilines is 1. The second kappa shape index (κ2) is 13.9. The van der Waals surface area contributed by atoms with Crippen LogP contribution in [-0.2, 0) is 22.6 Å². The number of carbonyl (C=O) groups is 1. The number of hydrogen-bond acceptors (Lipinski definition) is 6. The quantitative estimate of drug-likeness (QED) is 0.400. The molecular weight excluding hydrogens is 478 g/mol. The monoisotopic (exact) mass is 517 g/mol. The Morgan fingerprint density at radius 3 is 2.37 bits per heavy atom. The van der Waals surface area contributed by atoms with Gasteiger partial charge in [-0.15, -0.1) is 0 Å². The third-order valence-corrected chi connectivity index (χ3v) is 7.08. The summed E-state index contributed by atoms with van der Waals surface area (Å²) < 4.78 is 16.6. The van der Waals surface area contributed by atoms with E-state index < -0.39 is 0 Å². The lowest BCUT2D eigenvalue weighted by atomic mass is 10.0. The van der Waals surface area contributed by atoms with Crippen LogP contribution in [0.25, 0.3) is 11.1 Å². The highest BCUT2D eigenvalue weighted by Gasteiger charge is 2.22. The minimum atomic E-state index is -0.0107. The summed E-state index contributed by atoms with van der Waals surface area (Å²) >= 11 is 0. The number of ether oxygens (including phenoxy) is 3. The fraction of sp³-hybridized carbons (Fsp3) is 0.419. The Hall–Kier alpha value is -3.42. The number of benzene rings is 2. The molecule has 0 radical (unpaired) electrons. The van der Waals surface area contributed by atoms with Crippen LogP contribution in [0.15, 0.2) is 60.9 Å². The summed E-state index contributed by atoms with van der Waals surface area (Å²) in [4.78, 5) is 21.8. The summed E-state index contributed by atoms with van der Waals surface area (Å²) in [5.74, 6) is 1.49. The lowest BCUT2D eigenvalue weighted by molar-refractivity contribution is -0.122. The molecule has 0 aliphatic carbocycles. The number of fused-ring (bicyclic) bond motifs is 1. The lowest BCUT2D eigenvalue weighted by Crippen LogP contribution is -2.36. The van der Waals surface area contributed by atoms with Gasteiger partial charge in [0.15, 0.2) is 11.5 Å². The van der Waals surface area contributed by atoms with Crippen molar-refractivity contribution in [2.24, 2.45) is 0 Å². The smallest absolute Gasteiger partial charge is 0.252 e. The average Bonchev–Trinajstić information content (AvgIpc) is 2.94. The topological polar surface area (TPSA) is 64.1 Å². The number of hydrogen-bond donors (Lipinski definition) is 0. The Morgan fingerprint density at radius 1 is 0.868 bits per heavy atom. The van der Waals surface area contributed by atoms with Crippen LogP contribution in [0.2, 0.25) is 0 Å². The van der Waals surface area contributed by atoms with E-state index >= 15 is 0 Å². The summed E-state index contributed by atoms with van der Waals surface area (Å²) in [6, 6.07) is 16.5. The van der Waals surface area contributed by atoms with Crippen molar-refractivity contribution in [3.8, 4) is 22.6 Å². The van der Waals surface area contributed by atoms with Gasteiger partial charge < -0.3 is 19.1 Å². The molecule has 1 aliphatic rings. The van der Waals surface area contributed by atoms with Crippen LogP contribution in [0.3, 0.4) is 0 Å². The van der Waals surface area contributed by atoms with Gasteiger partial charge in [0, 0.05) is 50.4 Å². The molecule has 0 atom stereocenters. The summed E-state index contributed by atoms with van der Waals surface area (Å²) in [5.41, 5.74) is 5.36. The van der Waals surface area contributed by atoms with Crippen molar-refractivity contribution >= 4 is 11.6 Å². The van der Waals surface area contributed by atoms with Crippen molar-refractivity contribution in [1.82, 2.24) is 9.88 Å². The highest BCUT2D eigenvalue weighted by atomic mass is 16.5. The van der Waals surface area contributed by atoms with Crippen molar-refractivity contribution in [3.05, 3.63) is 72.1 Å². The first kappa shape index (κ1) is 27.6. The van der Waals surface area contributed by atoms with Crippen molar-refractivity contribution in [2.75, 3.05) is 45.9 Å². The van der Waals surface area contributed by atoms with Crippen LogP contribution < -0.4 is 14.4 Å². The zero-order valence-corrected chi connectivity index (χ0v) is 22.8. The molecule has 0 N–H and O–H groups in total. The normalized spacial score (nSPS) is 15.2. The number of amides is 1. The van der Waals surface area contributed by atoms with Crippen molar-refractivity contribution in [3.63, 3.8) is 0 Å². The van der Waals surface area contributed by atoms with Crippen molar-refractivity contribution < 1.29 is 19.0 Å². The van der Waals surface area contributed by atoms with Gasteiger partial charge in [-0.05, 0) is 66.4 Å². The predicted octanol–water partition coefficient (Wildman–Crippen LogP) is 5.71. The fourth-order valence-corrected chi connectivity index (χ4v) is 5.19. The Morgan fingerprint density at radius 2 is 1.63 bits per heavy atom. The number of para-hydroxylation sites is 1. The zero-order chi connectivity index (χ0) is 26.7. The molecule has 0 unspecified atom stereocenters. The summed E-state index contributed by atoms with van der Waals surface area (Å²) in [7, 11) is 4.93. The van der Waals surface area contributed by atoms with E-state index in [2.05, 4.69) is 34.1 Å². The van der Waals surface area contributed by atoms with Crippen LogP contribution >= 0.6 is 0 Å². The van der Waals surface area contributed by atoms with Gasteiger partial charge in [0.05, 0.1) is 14.2 Å². The van der Waals surface area contributed by atoms with Gasteiger partial charge in [0.2, 0.25) is 0 Å². The highest BCUT2D eigenvalue weighted by molar-refractivity contribution is 5.95. The van der Waals surface area contributed by atoms with E-state index in [9.17, 15) is 4.79 Å². The molecule has 1 aliphatic heterocycles. The number of pyridine rings is 1. The first-order chi connectivity index (χ1) is 18.6. The Labute approximate surface area is 226 Å². The molecule has 38 heavy (non-hydrogen) atoms. The number of nitrogens with zero attached hydrogens (tertiary/aromatic N) is 3.